The maximum Gasteiger partial charge on any atom is 0.339 e. The third kappa shape index (κ3) is 4.42. The molecular weight excluding hydrogens is 406 g/mol. The van der Waals surface area contributed by atoms with Crippen LogP contribution in [0.3, 0.4) is 0 Å². The van der Waals surface area contributed by atoms with E-state index in [4.69, 9.17) is 9.15 Å². The predicted octanol–water partition coefficient (Wildman–Crippen LogP) is 4.11. The summed E-state index contributed by atoms with van der Waals surface area (Å²) >= 11 is 0. The number of ether oxygens (including phenoxy) is 1. The molecule has 164 valence electrons. The lowest BCUT2D eigenvalue weighted by Gasteiger charge is -2.15. The number of rotatable bonds is 7. The van der Waals surface area contributed by atoms with E-state index in [2.05, 4.69) is 10.3 Å². The zero-order valence-corrected chi connectivity index (χ0v) is 18.3. The van der Waals surface area contributed by atoms with Gasteiger partial charge in [-0.25, -0.2) is 9.78 Å². The summed E-state index contributed by atoms with van der Waals surface area (Å²) in [5.74, 6) is 0.504. The molecule has 32 heavy (non-hydrogen) atoms. The van der Waals surface area contributed by atoms with Crippen LogP contribution >= 0.6 is 0 Å². The van der Waals surface area contributed by atoms with Crippen molar-refractivity contribution in [3.05, 3.63) is 88.3 Å². The van der Waals surface area contributed by atoms with Crippen molar-refractivity contribution in [2.75, 3.05) is 7.11 Å². The molecule has 1 N–H and O–H groups in total. The van der Waals surface area contributed by atoms with Gasteiger partial charge in [0.2, 0.25) is 5.91 Å². The van der Waals surface area contributed by atoms with Crippen LogP contribution in [0.25, 0.3) is 16.7 Å². The fraction of sp³-hybridized carbons (Fsp3) is 0.240. The summed E-state index contributed by atoms with van der Waals surface area (Å²) in [5, 5.41) is 3.84. The van der Waals surface area contributed by atoms with Crippen LogP contribution in [0.1, 0.15) is 36.1 Å². The third-order valence-electron chi connectivity index (χ3n) is 5.67. The van der Waals surface area contributed by atoms with Gasteiger partial charge >= 0.3 is 5.63 Å². The standard InChI is InChI=1S/C25H25N3O4/c1-16-21-9-8-20(31-3)14-23(21)32-25(30)22(16)10-11-24(29)27-17(2)18-4-6-19(7-5-18)28-13-12-26-15-28/h4-9,12-15,17H,10-11H2,1-3H3,(H,27,29). The SMILES string of the molecule is COc1ccc2c(C)c(CCC(=O)NC(C)c3ccc(-n4ccnc4)cc3)c(=O)oc2c1. The molecule has 7 heteroatoms. The zero-order chi connectivity index (χ0) is 22.7. The van der Waals surface area contributed by atoms with Crippen LogP contribution in [-0.2, 0) is 11.2 Å². The van der Waals surface area contributed by atoms with E-state index in [0.717, 1.165) is 22.2 Å². The van der Waals surface area contributed by atoms with Gasteiger partial charge in [-0.2, -0.15) is 0 Å². The minimum Gasteiger partial charge on any atom is -0.497 e. The quantitative estimate of drug-likeness (QED) is 0.445. The van der Waals surface area contributed by atoms with Gasteiger partial charge in [0.1, 0.15) is 11.3 Å². The van der Waals surface area contributed by atoms with Gasteiger partial charge in [-0.15, -0.1) is 0 Å². The molecule has 0 saturated carbocycles. The molecule has 1 unspecified atom stereocenters. The van der Waals surface area contributed by atoms with Crippen LogP contribution in [0.4, 0.5) is 0 Å². The number of aryl methyl sites for hydroxylation is 1. The van der Waals surface area contributed by atoms with E-state index in [1.165, 1.54) is 0 Å². The molecule has 0 aliphatic carbocycles. The second-order valence-electron chi connectivity index (χ2n) is 7.71. The molecular formula is C25H25N3O4. The molecule has 0 bridgehead atoms. The van der Waals surface area contributed by atoms with E-state index in [9.17, 15) is 9.59 Å². The highest BCUT2D eigenvalue weighted by atomic mass is 16.5. The van der Waals surface area contributed by atoms with Crippen molar-refractivity contribution >= 4 is 16.9 Å². The Bertz CT molecular complexity index is 1290. The van der Waals surface area contributed by atoms with Crippen LogP contribution in [-0.4, -0.2) is 22.6 Å². The first-order valence-electron chi connectivity index (χ1n) is 10.4. The number of hydrogen-bond acceptors (Lipinski definition) is 5. The highest BCUT2D eigenvalue weighted by Gasteiger charge is 2.15. The molecule has 0 saturated heterocycles. The molecule has 2 heterocycles. The first-order valence-corrected chi connectivity index (χ1v) is 10.4. The number of aromatic nitrogens is 2. The lowest BCUT2D eigenvalue weighted by Crippen LogP contribution is -2.27. The van der Waals surface area contributed by atoms with Gasteiger partial charge in [0.15, 0.2) is 0 Å². The maximum absolute atomic E-state index is 12.6. The molecule has 7 nitrogen and oxygen atoms in total. The van der Waals surface area contributed by atoms with Crippen LogP contribution in [0.2, 0.25) is 0 Å². The summed E-state index contributed by atoms with van der Waals surface area (Å²) in [4.78, 5) is 29.1. The fourth-order valence-electron chi connectivity index (χ4n) is 3.77. The van der Waals surface area contributed by atoms with E-state index in [1.54, 1.807) is 25.7 Å². The van der Waals surface area contributed by atoms with Crippen molar-refractivity contribution in [1.29, 1.82) is 0 Å². The molecule has 0 aliphatic heterocycles. The number of nitrogens with zero attached hydrogens (tertiary/aromatic N) is 2. The van der Waals surface area contributed by atoms with Gasteiger partial charge in [0.05, 0.1) is 19.5 Å². The predicted molar refractivity (Wildman–Crippen MR) is 122 cm³/mol. The lowest BCUT2D eigenvalue weighted by atomic mass is 10.0. The van der Waals surface area contributed by atoms with Crippen LogP contribution in [0, 0.1) is 6.92 Å². The normalized spacial score (nSPS) is 12.0. The summed E-state index contributed by atoms with van der Waals surface area (Å²) < 4.78 is 12.6. The largest absolute Gasteiger partial charge is 0.497 e. The highest BCUT2D eigenvalue weighted by molar-refractivity contribution is 5.82. The minimum atomic E-state index is -0.417. The zero-order valence-electron chi connectivity index (χ0n) is 18.3. The van der Waals surface area contributed by atoms with Crippen LogP contribution in [0.15, 0.2) is 70.4 Å². The van der Waals surface area contributed by atoms with E-state index >= 15 is 0 Å². The average Bonchev–Trinajstić information content (AvgIpc) is 3.33. The third-order valence-corrected chi connectivity index (χ3v) is 5.67. The van der Waals surface area contributed by atoms with E-state index in [-0.39, 0.29) is 18.4 Å². The Hall–Kier alpha value is -3.87. The topological polar surface area (TPSA) is 86.4 Å². The van der Waals surface area contributed by atoms with E-state index in [0.29, 0.717) is 23.3 Å². The molecule has 2 aromatic carbocycles. The van der Waals surface area contributed by atoms with Crippen LogP contribution < -0.4 is 15.7 Å². The molecule has 0 radical (unpaired) electrons. The monoisotopic (exact) mass is 431 g/mol. The van der Waals surface area contributed by atoms with E-state index < -0.39 is 5.63 Å². The molecule has 2 aromatic heterocycles. The van der Waals surface area contributed by atoms with Crippen molar-refractivity contribution in [1.82, 2.24) is 14.9 Å². The number of imidazole rings is 1. The van der Waals surface area contributed by atoms with Gasteiger partial charge < -0.3 is 19.0 Å². The lowest BCUT2D eigenvalue weighted by molar-refractivity contribution is -0.121. The Labute approximate surface area is 185 Å². The smallest absolute Gasteiger partial charge is 0.339 e. The first kappa shape index (κ1) is 21.4. The fourth-order valence-corrected chi connectivity index (χ4v) is 3.77. The second kappa shape index (κ2) is 9.09. The van der Waals surface area contributed by atoms with Gasteiger partial charge in [-0.05, 0) is 55.7 Å². The van der Waals surface area contributed by atoms with Gasteiger partial charge in [-0.3, -0.25) is 4.79 Å². The summed E-state index contributed by atoms with van der Waals surface area (Å²) in [7, 11) is 1.56. The highest BCUT2D eigenvalue weighted by Crippen LogP contribution is 2.24. The van der Waals surface area contributed by atoms with Gasteiger partial charge in [0.25, 0.3) is 0 Å². The number of nitrogens with one attached hydrogen (secondary N) is 1. The molecule has 4 rings (SSSR count). The number of benzene rings is 2. The van der Waals surface area contributed by atoms with Crippen LogP contribution in [0.5, 0.6) is 5.75 Å². The number of methoxy groups -OCH3 is 1. The molecule has 4 aromatic rings. The molecule has 0 spiro atoms. The van der Waals surface area contributed by atoms with Gasteiger partial charge in [-0.1, -0.05) is 12.1 Å². The number of amides is 1. The van der Waals surface area contributed by atoms with Crippen molar-refractivity contribution < 1.29 is 13.9 Å². The summed E-state index contributed by atoms with van der Waals surface area (Å²) in [6.45, 7) is 3.82. The Morgan fingerprint density at radius 2 is 2.00 bits per heavy atom. The number of fused-ring (bicyclic) bond motifs is 1. The average molecular weight is 431 g/mol. The maximum atomic E-state index is 12.6. The Morgan fingerprint density at radius 3 is 2.69 bits per heavy atom. The summed E-state index contributed by atoms with van der Waals surface area (Å²) in [6, 6.07) is 13.2. The first-order chi connectivity index (χ1) is 15.5. The number of carbonyl (C=O) groups excluding carboxylic acids is 1. The number of carbonyl (C=O) groups is 1. The minimum absolute atomic E-state index is 0.121. The van der Waals surface area contributed by atoms with E-state index in [1.807, 2.05) is 61.0 Å². The van der Waals surface area contributed by atoms with Crippen molar-refractivity contribution in [3.8, 4) is 11.4 Å². The Balaban J connectivity index is 1.41. The van der Waals surface area contributed by atoms with Crippen molar-refractivity contribution in [3.63, 3.8) is 0 Å². The van der Waals surface area contributed by atoms with Crippen molar-refractivity contribution in [2.45, 2.75) is 32.7 Å². The molecule has 1 atom stereocenters. The summed E-state index contributed by atoms with van der Waals surface area (Å²) in [5.41, 5.74) is 3.41. The Morgan fingerprint density at radius 1 is 1.22 bits per heavy atom. The molecule has 0 fully saturated rings. The molecule has 1 amide bonds. The van der Waals surface area contributed by atoms with Gasteiger partial charge in [0, 0.05) is 41.5 Å². The Kier molecular flexibility index (Phi) is 6.07. The van der Waals surface area contributed by atoms with Crippen molar-refractivity contribution in [2.24, 2.45) is 0 Å². The molecule has 0 aliphatic rings. The summed E-state index contributed by atoms with van der Waals surface area (Å²) in [6.07, 6.45) is 5.86. The second-order valence-corrected chi connectivity index (χ2v) is 7.71. The number of hydrogen-bond donors (Lipinski definition) is 1.